The number of methoxy groups -OCH3 is 2. The Morgan fingerprint density at radius 1 is 0.848 bits per heavy atom. The number of pyridine rings is 1. The maximum absolute atomic E-state index is 9.62. The second-order valence-corrected chi connectivity index (χ2v) is 11.4. The first-order valence-electron chi connectivity index (χ1n) is 14.6. The van der Waals surface area contributed by atoms with Crippen LogP contribution in [-0.4, -0.2) is 38.8 Å². The molecule has 3 aromatic carbocycles. The number of anilines is 2. The predicted molar refractivity (Wildman–Crippen MR) is 181 cm³/mol. The van der Waals surface area contributed by atoms with Crippen LogP contribution in [0.25, 0.3) is 16.9 Å². The lowest BCUT2D eigenvalue weighted by molar-refractivity contribution is 0.414. The molecule has 230 valence electrons. The van der Waals surface area contributed by atoms with Crippen molar-refractivity contribution >= 4 is 33.5 Å². The van der Waals surface area contributed by atoms with Crippen molar-refractivity contribution in [1.82, 2.24) is 24.6 Å². The average Bonchev–Trinajstić information content (AvgIpc) is 3.53. The van der Waals surface area contributed by atoms with Crippen LogP contribution in [-0.2, 0) is 19.6 Å². The number of ether oxygens (including phenoxy) is 2. The van der Waals surface area contributed by atoms with Gasteiger partial charge in [-0.2, -0.15) is 14.8 Å². The molecule has 0 unspecified atom stereocenters. The highest BCUT2D eigenvalue weighted by molar-refractivity contribution is 9.10. The summed E-state index contributed by atoms with van der Waals surface area (Å²) in [4.78, 5) is 16.8. The van der Waals surface area contributed by atoms with Crippen molar-refractivity contribution in [3.05, 3.63) is 124 Å². The summed E-state index contributed by atoms with van der Waals surface area (Å²) < 4.78 is 13.2. The Morgan fingerprint density at radius 3 is 2.11 bits per heavy atom. The van der Waals surface area contributed by atoms with E-state index in [9.17, 15) is 5.26 Å². The van der Waals surface area contributed by atoms with Crippen LogP contribution in [0.3, 0.4) is 0 Å². The molecular formula is C35H31BrN8O2. The molecular weight excluding hydrogens is 644 g/mol. The molecule has 0 spiro atoms. The van der Waals surface area contributed by atoms with Gasteiger partial charge in [0.15, 0.2) is 5.65 Å². The molecule has 0 fully saturated rings. The molecule has 0 radical (unpaired) electrons. The summed E-state index contributed by atoms with van der Waals surface area (Å²) >= 11 is 3.78. The molecule has 46 heavy (non-hydrogen) atoms. The number of nitrogens with one attached hydrogen (secondary N) is 1. The number of halogens is 1. The number of benzene rings is 3. The van der Waals surface area contributed by atoms with E-state index in [0.717, 1.165) is 39.6 Å². The van der Waals surface area contributed by atoms with E-state index in [-0.39, 0.29) is 0 Å². The standard InChI is InChI=1S/C35H31BrN8O2/c1-23-6-4-9-28(39-23)20-38-34-41-33-31(36)32(27-8-5-7-26(18-27)19-37)40-35(44(33)42-34)43(21-24-10-14-29(45-2)15-11-24)22-25-12-16-30(46-3)17-13-25/h4-18H,20-22H2,1-3H3,(H,38,42). The first-order chi connectivity index (χ1) is 22.4. The van der Waals surface area contributed by atoms with Gasteiger partial charge in [-0.25, -0.2) is 4.98 Å². The topological polar surface area (TPSA) is 113 Å². The molecule has 0 aliphatic heterocycles. The molecule has 3 aromatic heterocycles. The Morgan fingerprint density at radius 2 is 1.50 bits per heavy atom. The zero-order valence-electron chi connectivity index (χ0n) is 25.6. The van der Waals surface area contributed by atoms with Gasteiger partial charge in [0.2, 0.25) is 11.9 Å². The summed E-state index contributed by atoms with van der Waals surface area (Å²) in [5.41, 5.74) is 6.48. The Bertz CT molecular complexity index is 1970. The van der Waals surface area contributed by atoms with Gasteiger partial charge in [0.25, 0.3) is 0 Å². The van der Waals surface area contributed by atoms with E-state index < -0.39 is 0 Å². The zero-order valence-corrected chi connectivity index (χ0v) is 27.2. The van der Waals surface area contributed by atoms with Gasteiger partial charge in [0.1, 0.15) is 11.5 Å². The fourth-order valence-electron chi connectivity index (χ4n) is 5.07. The van der Waals surface area contributed by atoms with Crippen molar-refractivity contribution in [2.24, 2.45) is 0 Å². The van der Waals surface area contributed by atoms with Gasteiger partial charge in [0, 0.05) is 24.3 Å². The van der Waals surface area contributed by atoms with Crippen molar-refractivity contribution in [3.8, 4) is 28.8 Å². The van der Waals surface area contributed by atoms with Gasteiger partial charge in [0.05, 0.1) is 48.3 Å². The molecule has 0 aliphatic carbocycles. The number of nitriles is 1. The molecule has 0 saturated heterocycles. The van der Waals surface area contributed by atoms with Gasteiger partial charge < -0.3 is 19.7 Å². The Kier molecular flexibility index (Phi) is 9.08. The highest BCUT2D eigenvalue weighted by Crippen LogP contribution is 2.34. The maximum atomic E-state index is 9.62. The largest absolute Gasteiger partial charge is 0.497 e. The summed E-state index contributed by atoms with van der Waals surface area (Å²) in [6.45, 7) is 3.46. The van der Waals surface area contributed by atoms with Crippen LogP contribution < -0.4 is 19.7 Å². The second-order valence-electron chi connectivity index (χ2n) is 10.6. The van der Waals surface area contributed by atoms with Crippen molar-refractivity contribution < 1.29 is 9.47 Å². The van der Waals surface area contributed by atoms with E-state index in [2.05, 4.69) is 37.2 Å². The van der Waals surface area contributed by atoms with E-state index in [4.69, 9.17) is 24.5 Å². The quantitative estimate of drug-likeness (QED) is 0.156. The lowest BCUT2D eigenvalue weighted by atomic mass is 10.1. The molecule has 10 nitrogen and oxygen atoms in total. The highest BCUT2D eigenvalue weighted by Gasteiger charge is 2.23. The third kappa shape index (κ3) is 6.77. The fraction of sp³-hybridized carbons (Fsp3) is 0.171. The first kappa shape index (κ1) is 30.6. The third-order valence-electron chi connectivity index (χ3n) is 7.40. The smallest absolute Gasteiger partial charge is 0.243 e. The molecule has 1 N–H and O–H groups in total. The second kappa shape index (κ2) is 13.7. The van der Waals surface area contributed by atoms with E-state index in [1.165, 1.54) is 0 Å². The molecule has 0 aliphatic rings. The van der Waals surface area contributed by atoms with Crippen LogP contribution in [0, 0.1) is 18.3 Å². The number of hydrogen-bond acceptors (Lipinski definition) is 9. The van der Waals surface area contributed by atoms with Crippen molar-refractivity contribution in [3.63, 3.8) is 0 Å². The van der Waals surface area contributed by atoms with Gasteiger partial charge >= 0.3 is 0 Å². The van der Waals surface area contributed by atoms with Crippen LogP contribution >= 0.6 is 15.9 Å². The molecule has 0 bridgehead atoms. The lowest BCUT2D eigenvalue weighted by Gasteiger charge is -2.25. The lowest BCUT2D eigenvalue weighted by Crippen LogP contribution is -2.26. The van der Waals surface area contributed by atoms with Crippen LogP contribution in [0.1, 0.15) is 28.1 Å². The first-order valence-corrected chi connectivity index (χ1v) is 15.4. The Hall–Kier alpha value is -5.47. The minimum atomic E-state index is 0.434. The maximum Gasteiger partial charge on any atom is 0.243 e. The number of aryl methyl sites for hydroxylation is 1. The predicted octanol–water partition coefficient (Wildman–Crippen LogP) is 6.97. The van der Waals surface area contributed by atoms with Crippen molar-refractivity contribution in [1.29, 1.82) is 5.26 Å². The molecule has 0 amide bonds. The molecule has 6 aromatic rings. The Labute approximate surface area is 275 Å². The van der Waals surface area contributed by atoms with Gasteiger partial charge in [-0.05, 0) is 82.5 Å². The van der Waals surface area contributed by atoms with Crippen molar-refractivity contribution in [2.75, 3.05) is 24.4 Å². The van der Waals surface area contributed by atoms with Crippen LogP contribution in [0.5, 0.6) is 11.5 Å². The van der Waals surface area contributed by atoms with E-state index >= 15 is 0 Å². The van der Waals surface area contributed by atoms with E-state index in [0.29, 0.717) is 52.9 Å². The average molecular weight is 676 g/mol. The molecule has 11 heteroatoms. The van der Waals surface area contributed by atoms with Crippen molar-refractivity contribution in [2.45, 2.75) is 26.6 Å². The van der Waals surface area contributed by atoms with Gasteiger partial charge in [-0.15, -0.1) is 5.10 Å². The highest BCUT2D eigenvalue weighted by atomic mass is 79.9. The fourth-order valence-corrected chi connectivity index (χ4v) is 5.64. The van der Waals surface area contributed by atoms with Gasteiger partial charge in [-0.1, -0.05) is 42.5 Å². The van der Waals surface area contributed by atoms with Gasteiger partial charge in [-0.3, -0.25) is 4.98 Å². The SMILES string of the molecule is COc1ccc(CN(Cc2ccc(OC)cc2)c2nc(-c3cccc(C#N)c3)c(Br)c3nc(NCc4cccc(C)n4)nn23)cc1. The van der Waals surface area contributed by atoms with Crippen LogP contribution in [0.4, 0.5) is 11.9 Å². The summed E-state index contributed by atoms with van der Waals surface area (Å²) in [5.74, 6) is 2.58. The number of nitrogens with zero attached hydrogens (tertiary/aromatic N) is 7. The zero-order chi connectivity index (χ0) is 32.0. The molecule has 6 rings (SSSR count). The monoisotopic (exact) mass is 674 g/mol. The van der Waals surface area contributed by atoms with Crippen LogP contribution in [0.2, 0.25) is 0 Å². The molecule has 3 heterocycles. The molecule has 0 atom stereocenters. The number of hydrogen-bond donors (Lipinski definition) is 1. The van der Waals surface area contributed by atoms with E-state index in [1.807, 2.05) is 91.9 Å². The number of fused-ring (bicyclic) bond motifs is 1. The minimum absolute atomic E-state index is 0.434. The van der Waals surface area contributed by atoms with E-state index in [1.54, 1.807) is 24.8 Å². The summed E-state index contributed by atoms with van der Waals surface area (Å²) in [6, 6.07) is 31.5. The number of aromatic nitrogens is 5. The van der Waals surface area contributed by atoms with Crippen LogP contribution in [0.15, 0.2) is 95.5 Å². The number of rotatable bonds is 11. The third-order valence-corrected chi connectivity index (χ3v) is 8.13. The Balaban J connectivity index is 1.48. The summed E-state index contributed by atoms with van der Waals surface area (Å²) in [5, 5.41) is 17.8. The molecule has 0 saturated carbocycles. The summed E-state index contributed by atoms with van der Waals surface area (Å²) in [7, 11) is 3.31. The normalized spacial score (nSPS) is 10.8. The minimum Gasteiger partial charge on any atom is -0.497 e. The summed E-state index contributed by atoms with van der Waals surface area (Å²) in [6.07, 6.45) is 0.